The Hall–Kier alpha value is -3.84. The number of aliphatic hydroxyl groups excluding tert-OH is 1. The molecule has 0 saturated carbocycles. The zero-order chi connectivity index (χ0) is 24.1. The van der Waals surface area contributed by atoms with Gasteiger partial charge in [-0.05, 0) is 80.3 Å². The van der Waals surface area contributed by atoms with Crippen LogP contribution in [0.15, 0.2) is 54.6 Å². The van der Waals surface area contributed by atoms with E-state index in [1.165, 1.54) is 12.1 Å². The van der Waals surface area contributed by atoms with Crippen LogP contribution in [0.5, 0.6) is 17.2 Å². The molecule has 172 valence electrons. The predicted octanol–water partition coefficient (Wildman–Crippen LogP) is 4.69. The van der Waals surface area contributed by atoms with Crippen LogP contribution < -0.4 is 10.1 Å². The summed E-state index contributed by atoms with van der Waals surface area (Å²) in [6.45, 7) is 7.25. The fourth-order valence-electron chi connectivity index (χ4n) is 3.58. The zero-order valence-corrected chi connectivity index (χ0v) is 19.0. The van der Waals surface area contributed by atoms with Gasteiger partial charge in [0.15, 0.2) is 0 Å². The van der Waals surface area contributed by atoms with Gasteiger partial charge in [0.2, 0.25) is 0 Å². The summed E-state index contributed by atoms with van der Waals surface area (Å²) >= 11 is 0. The Labute approximate surface area is 192 Å². The highest BCUT2D eigenvalue weighted by Gasteiger charge is 2.21. The van der Waals surface area contributed by atoms with Crippen LogP contribution in [0.4, 0.5) is 5.69 Å². The van der Waals surface area contributed by atoms with Crippen LogP contribution in [0, 0.1) is 20.8 Å². The monoisotopic (exact) mass is 449 g/mol. The molecule has 0 heterocycles. The van der Waals surface area contributed by atoms with Crippen LogP contribution in [-0.4, -0.2) is 28.7 Å². The molecule has 0 bridgehead atoms. The molecule has 7 nitrogen and oxygen atoms in total. The highest BCUT2D eigenvalue weighted by Crippen LogP contribution is 2.38. The third-order valence-corrected chi connectivity index (χ3v) is 5.16. The SMILES string of the molecule is CCOC(=O)C(=O)Nc1cc(C)c(Oc2ccc(O)cc2C(O)c2ccccc2C)c(C)c1. The van der Waals surface area contributed by atoms with Crippen molar-refractivity contribution in [1.29, 1.82) is 0 Å². The Morgan fingerprint density at radius 3 is 2.24 bits per heavy atom. The van der Waals surface area contributed by atoms with E-state index in [1.54, 1.807) is 39.0 Å². The van der Waals surface area contributed by atoms with E-state index < -0.39 is 18.0 Å². The first-order valence-electron chi connectivity index (χ1n) is 10.5. The molecule has 3 aromatic carbocycles. The average Bonchev–Trinajstić information content (AvgIpc) is 2.77. The number of hydrogen-bond acceptors (Lipinski definition) is 6. The number of phenols is 1. The highest BCUT2D eigenvalue weighted by molar-refractivity contribution is 6.37. The van der Waals surface area contributed by atoms with Crippen LogP contribution in [0.2, 0.25) is 0 Å². The second kappa shape index (κ2) is 10.2. The maximum atomic E-state index is 11.9. The van der Waals surface area contributed by atoms with Gasteiger partial charge in [-0.3, -0.25) is 4.79 Å². The summed E-state index contributed by atoms with van der Waals surface area (Å²) in [4.78, 5) is 23.5. The normalized spacial score (nSPS) is 11.5. The molecule has 0 aliphatic carbocycles. The lowest BCUT2D eigenvalue weighted by molar-refractivity contribution is -0.152. The van der Waals surface area contributed by atoms with E-state index in [9.17, 15) is 19.8 Å². The molecule has 0 spiro atoms. The molecule has 0 aliphatic rings. The fraction of sp³-hybridized carbons (Fsp3) is 0.231. The number of rotatable bonds is 6. The van der Waals surface area contributed by atoms with Crippen LogP contribution in [-0.2, 0) is 14.3 Å². The molecule has 1 atom stereocenters. The number of aromatic hydroxyl groups is 1. The number of phenolic OH excluding ortho intramolecular Hbond substituents is 1. The molecular weight excluding hydrogens is 422 g/mol. The summed E-state index contributed by atoms with van der Waals surface area (Å²) < 4.78 is 10.9. The second-order valence-electron chi connectivity index (χ2n) is 7.70. The Balaban J connectivity index is 1.92. The van der Waals surface area contributed by atoms with Crippen molar-refractivity contribution in [3.05, 3.63) is 82.4 Å². The number of aliphatic hydroxyl groups is 1. The maximum Gasteiger partial charge on any atom is 0.397 e. The quantitative estimate of drug-likeness (QED) is 0.372. The molecule has 3 aromatic rings. The molecule has 0 saturated heterocycles. The number of nitrogens with one attached hydrogen (secondary N) is 1. The van der Waals surface area contributed by atoms with Gasteiger partial charge in [0.25, 0.3) is 0 Å². The van der Waals surface area contributed by atoms with Gasteiger partial charge in [-0.25, -0.2) is 4.79 Å². The van der Waals surface area contributed by atoms with Crippen LogP contribution in [0.3, 0.4) is 0 Å². The van der Waals surface area contributed by atoms with E-state index in [-0.39, 0.29) is 12.4 Å². The van der Waals surface area contributed by atoms with Crippen molar-refractivity contribution in [3.63, 3.8) is 0 Å². The van der Waals surface area contributed by atoms with E-state index in [2.05, 4.69) is 5.32 Å². The zero-order valence-electron chi connectivity index (χ0n) is 19.0. The van der Waals surface area contributed by atoms with Gasteiger partial charge >= 0.3 is 11.9 Å². The van der Waals surface area contributed by atoms with Gasteiger partial charge in [-0.1, -0.05) is 24.3 Å². The highest BCUT2D eigenvalue weighted by atomic mass is 16.5. The van der Waals surface area contributed by atoms with Crippen molar-refractivity contribution in [2.75, 3.05) is 11.9 Å². The predicted molar refractivity (Wildman–Crippen MR) is 125 cm³/mol. The number of aryl methyl sites for hydroxylation is 3. The number of anilines is 1. The number of carbonyl (C=O) groups is 2. The van der Waals surface area contributed by atoms with Crippen LogP contribution in [0.1, 0.15) is 40.8 Å². The molecular formula is C26H27NO6. The molecule has 1 unspecified atom stereocenters. The number of carbonyl (C=O) groups excluding carboxylic acids is 2. The number of amides is 1. The van der Waals surface area contributed by atoms with E-state index in [0.29, 0.717) is 39.4 Å². The van der Waals surface area contributed by atoms with Crippen molar-refractivity contribution in [3.8, 4) is 17.2 Å². The number of esters is 1. The van der Waals surface area contributed by atoms with Crippen molar-refractivity contribution in [2.45, 2.75) is 33.8 Å². The summed E-state index contributed by atoms with van der Waals surface area (Å²) in [7, 11) is 0. The Bertz CT molecular complexity index is 1160. The third-order valence-electron chi connectivity index (χ3n) is 5.16. The third kappa shape index (κ3) is 5.51. The summed E-state index contributed by atoms with van der Waals surface area (Å²) in [5.41, 5.74) is 3.88. The smallest absolute Gasteiger partial charge is 0.397 e. The lowest BCUT2D eigenvalue weighted by atomic mass is 9.96. The van der Waals surface area contributed by atoms with Gasteiger partial charge in [-0.2, -0.15) is 0 Å². The first kappa shape index (κ1) is 23.8. The Kier molecular flexibility index (Phi) is 7.35. The molecule has 33 heavy (non-hydrogen) atoms. The minimum absolute atomic E-state index is 0.00968. The lowest BCUT2D eigenvalue weighted by Crippen LogP contribution is -2.25. The van der Waals surface area contributed by atoms with Gasteiger partial charge in [0.05, 0.1) is 6.61 Å². The first-order valence-corrected chi connectivity index (χ1v) is 10.5. The van der Waals surface area contributed by atoms with Crippen LogP contribution in [0.25, 0.3) is 0 Å². The van der Waals surface area contributed by atoms with Gasteiger partial charge < -0.3 is 25.0 Å². The maximum absolute atomic E-state index is 11.9. The van der Waals surface area contributed by atoms with E-state index in [4.69, 9.17) is 9.47 Å². The first-order chi connectivity index (χ1) is 15.7. The summed E-state index contributed by atoms with van der Waals surface area (Å²) in [5.74, 6) is -0.875. The molecule has 3 N–H and O–H groups in total. The fourth-order valence-corrected chi connectivity index (χ4v) is 3.58. The van der Waals surface area contributed by atoms with Crippen molar-refractivity contribution >= 4 is 17.6 Å². The molecule has 0 aliphatic heterocycles. The summed E-state index contributed by atoms with van der Waals surface area (Å²) in [6, 6.07) is 15.4. The Morgan fingerprint density at radius 2 is 1.61 bits per heavy atom. The topological polar surface area (TPSA) is 105 Å². The minimum Gasteiger partial charge on any atom is -0.508 e. The van der Waals surface area contributed by atoms with E-state index >= 15 is 0 Å². The van der Waals surface area contributed by atoms with Crippen molar-refractivity contribution < 1.29 is 29.3 Å². The van der Waals surface area contributed by atoms with E-state index in [1.807, 2.05) is 31.2 Å². The van der Waals surface area contributed by atoms with Gasteiger partial charge in [0, 0.05) is 11.3 Å². The molecule has 0 aromatic heterocycles. The molecule has 0 fully saturated rings. The molecule has 0 radical (unpaired) electrons. The van der Waals surface area contributed by atoms with Crippen molar-refractivity contribution in [2.24, 2.45) is 0 Å². The standard InChI is InChI=1S/C26H27NO6/c1-5-32-26(31)25(30)27-18-12-16(3)24(17(4)13-18)33-22-11-10-19(28)14-21(22)23(29)20-9-7-6-8-15(20)2/h6-14,23,28-29H,5H2,1-4H3,(H,27,30). The Morgan fingerprint density at radius 1 is 0.939 bits per heavy atom. The van der Waals surface area contributed by atoms with Crippen LogP contribution >= 0.6 is 0 Å². The number of benzene rings is 3. The minimum atomic E-state index is -1.00. The molecule has 3 rings (SSSR count). The summed E-state index contributed by atoms with van der Waals surface area (Å²) in [6.07, 6.45) is -1.00. The molecule has 7 heteroatoms. The largest absolute Gasteiger partial charge is 0.508 e. The van der Waals surface area contributed by atoms with Gasteiger partial charge in [0.1, 0.15) is 23.4 Å². The number of hydrogen-bond donors (Lipinski definition) is 3. The van der Waals surface area contributed by atoms with Crippen molar-refractivity contribution in [1.82, 2.24) is 0 Å². The average molecular weight is 450 g/mol. The second-order valence-corrected chi connectivity index (χ2v) is 7.70. The molecule has 1 amide bonds. The van der Waals surface area contributed by atoms with Gasteiger partial charge in [-0.15, -0.1) is 0 Å². The lowest BCUT2D eigenvalue weighted by Gasteiger charge is -2.20. The van der Waals surface area contributed by atoms with E-state index in [0.717, 1.165) is 5.56 Å². The number of ether oxygens (including phenoxy) is 2. The summed E-state index contributed by atoms with van der Waals surface area (Å²) in [5, 5.41) is 23.6.